The topological polar surface area (TPSA) is 92.6 Å². The molecule has 0 fully saturated rings. The second-order valence-corrected chi connectivity index (χ2v) is 7.62. The summed E-state index contributed by atoms with van der Waals surface area (Å²) in [4.78, 5) is 22.1. The first-order valence-corrected chi connectivity index (χ1v) is 9.32. The Bertz CT molecular complexity index is 935. The van der Waals surface area contributed by atoms with Crippen LogP contribution in [0.15, 0.2) is 35.7 Å². The second-order valence-electron chi connectivity index (χ2n) is 6.31. The molecule has 0 radical (unpaired) electrons. The predicted molar refractivity (Wildman–Crippen MR) is 96.9 cm³/mol. The minimum atomic E-state index is -0.283. The molecule has 1 amide bonds. The molecule has 1 atom stereocenters. The lowest BCUT2D eigenvalue weighted by Gasteiger charge is -2.28. The highest BCUT2D eigenvalue weighted by atomic mass is 32.2. The maximum Gasteiger partial charge on any atom is 0.236 e. The highest BCUT2D eigenvalue weighted by Gasteiger charge is 2.27. The Morgan fingerprint density at radius 1 is 1.38 bits per heavy atom. The van der Waals surface area contributed by atoms with E-state index < -0.39 is 0 Å². The molecule has 134 valence electrons. The third-order valence-corrected chi connectivity index (χ3v) is 5.42. The average Bonchev–Trinajstić information content (AvgIpc) is 3.29. The van der Waals surface area contributed by atoms with Gasteiger partial charge < -0.3 is 9.88 Å². The number of tetrazole rings is 1. The van der Waals surface area contributed by atoms with Crippen molar-refractivity contribution >= 4 is 17.7 Å². The van der Waals surface area contributed by atoms with E-state index >= 15 is 0 Å². The molecule has 0 saturated carbocycles. The molecule has 1 aromatic carbocycles. The van der Waals surface area contributed by atoms with Gasteiger partial charge in [-0.25, -0.2) is 4.98 Å². The van der Waals surface area contributed by atoms with Crippen LogP contribution in [-0.2, 0) is 17.8 Å². The zero-order chi connectivity index (χ0) is 18.1. The molecule has 0 unspecified atom stereocenters. The van der Waals surface area contributed by atoms with Crippen molar-refractivity contribution < 1.29 is 4.79 Å². The van der Waals surface area contributed by atoms with Gasteiger partial charge in [0, 0.05) is 13.0 Å². The van der Waals surface area contributed by atoms with Gasteiger partial charge in [0.15, 0.2) is 0 Å². The van der Waals surface area contributed by atoms with E-state index in [1.165, 1.54) is 11.8 Å². The number of aromatic nitrogens is 6. The van der Waals surface area contributed by atoms with E-state index in [0.29, 0.717) is 18.2 Å². The van der Waals surface area contributed by atoms with Crippen LogP contribution in [0.5, 0.6) is 0 Å². The minimum Gasteiger partial charge on any atom is -0.347 e. The van der Waals surface area contributed by atoms with Gasteiger partial charge in [0.2, 0.25) is 11.1 Å². The summed E-state index contributed by atoms with van der Waals surface area (Å²) >= 11 is 1.37. The second kappa shape index (κ2) is 6.91. The fourth-order valence-corrected chi connectivity index (χ4v) is 3.93. The summed E-state index contributed by atoms with van der Waals surface area (Å²) in [6.07, 6.45) is 2.47. The van der Waals surface area contributed by atoms with Gasteiger partial charge in [-0.1, -0.05) is 23.9 Å². The van der Waals surface area contributed by atoms with Gasteiger partial charge in [0.1, 0.15) is 0 Å². The number of carbonyl (C=O) groups is 1. The number of hydrogen-bond donors (Lipinski definition) is 1. The van der Waals surface area contributed by atoms with E-state index in [-0.39, 0.29) is 11.2 Å². The van der Waals surface area contributed by atoms with Gasteiger partial charge in [-0.3, -0.25) is 4.79 Å². The molecule has 0 saturated heterocycles. The van der Waals surface area contributed by atoms with Crippen LogP contribution in [0, 0.1) is 6.92 Å². The highest BCUT2D eigenvalue weighted by molar-refractivity contribution is 8.00. The molecule has 9 heteroatoms. The molecule has 4 rings (SSSR count). The van der Waals surface area contributed by atoms with Crippen LogP contribution in [0.2, 0.25) is 0 Å². The van der Waals surface area contributed by atoms with Crippen molar-refractivity contribution in [2.24, 2.45) is 0 Å². The number of thioether (sulfide) groups is 1. The SMILES string of the molecule is Cc1cccc(-n2nnnc2S[C@@H](C)C(=O)N2CCc3nc[nH]c3C2)c1. The summed E-state index contributed by atoms with van der Waals surface area (Å²) in [5, 5.41) is 12.3. The number of imidazole rings is 1. The van der Waals surface area contributed by atoms with Crippen molar-refractivity contribution in [2.75, 3.05) is 6.54 Å². The number of fused-ring (bicyclic) bond motifs is 1. The van der Waals surface area contributed by atoms with E-state index in [4.69, 9.17) is 0 Å². The Balaban J connectivity index is 1.48. The molecule has 3 heterocycles. The van der Waals surface area contributed by atoms with Gasteiger partial charge in [-0.05, 0) is 42.0 Å². The molecule has 1 N–H and O–H groups in total. The van der Waals surface area contributed by atoms with Crippen LogP contribution in [-0.4, -0.2) is 52.8 Å². The first-order chi connectivity index (χ1) is 12.6. The summed E-state index contributed by atoms with van der Waals surface area (Å²) < 4.78 is 1.67. The Labute approximate surface area is 155 Å². The standard InChI is InChI=1S/C17H19N7OS/c1-11-4-3-5-13(8-11)24-17(20-21-22-24)26-12(2)16(25)23-7-6-14-15(9-23)19-10-18-14/h3-5,8,10,12H,6-7,9H2,1-2H3,(H,18,19)/t12-/m0/s1. The van der Waals surface area contributed by atoms with E-state index in [1.807, 2.05) is 43.0 Å². The van der Waals surface area contributed by atoms with Crippen LogP contribution in [0.4, 0.5) is 0 Å². The van der Waals surface area contributed by atoms with Gasteiger partial charge in [0.05, 0.1) is 35.2 Å². The Kier molecular flexibility index (Phi) is 4.46. The number of rotatable bonds is 4. The van der Waals surface area contributed by atoms with Crippen molar-refractivity contribution in [3.63, 3.8) is 0 Å². The summed E-state index contributed by atoms with van der Waals surface area (Å²) in [5.74, 6) is 0.0778. The largest absolute Gasteiger partial charge is 0.347 e. The van der Waals surface area contributed by atoms with Crippen LogP contribution in [0.1, 0.15) is 23.9 Å². The number of nitrogens with zero attached hydrogens (tertiary/aromatic N) is 6. The van der Waals surface area contributed by atoms with Crippen molar-refractivity contribution in [1.29, 1.82) is 0 Å². The molecule has 0 spiro atoms. The number of carbonyl (C=O) groups excluding carboxylic acids is 1. The maximum atomic E-state index is 12.9. The molecular weight excluding hydrogens is 350 g/mol. The average molecular weight is 369 g/mol. The van der Waals surface area contributed by atoms with Crippen LogP contribution in [0.25, 0.3) is 5.69 Å². The van der Waals surface area contributed by atoms with Crippen molar-refractivity contribution in [3.8, 4) is 5.69 Å². The normalized spacial score (nSPS) is 14.9. The van der Waals surface area contributed by atoms with Crippen LogP contribution < -0.4 is 0 Å². The monoisotopic (exact) mass is 369 g/mol. The highest BCUT2D eigenvalue weighted by Crippen LogP contribution is 2.26. The van der Waals surface area contributed by atoms with Crippen molar-refractivity contribution in [1.82, 2.24) is 35.1 Å². The Hall–Kier alpha value is -2.68. The van der Waals surface area contributed by atoms with Crippen molar-refractivity contribution in [2.45, 2.75) is 37.2 Å². The molecular formula is C17H19N7OS. The van der Waals surface area contributed by atoms with Gasteiger partial charge in [-0.2, -0.15) is 4.68 Å². The van der Waals surface area contributed by atoms with E-state index in [1.54, 1.807) is 11.0 Å². The molecule has 0 aliphatic carbocycles. The number of aryl methyl sites for hydroxylation is 1. The predicted octanol–water partition coefficient (Wildman–Crippen LogP) is 1.76. The summed E-state index contributed by atoms with van der Waals surface area (Å²) in [5.41, 5.74) is 4.09. The minimum absolute atomic E-state index is 0.0778. The lowest BCUT2D eigenvalue weighted by atomic mass is 10.1. The molecule has 1 aliphatic heterocycles. The summed E-state index contributed by atoms with van der Waals surface area (Å²) in [6.45, 7) is 5.17. The van der Waals surface area contributed by atoms with E-state index in [9.17, 15) is 4.79 Å². The molecule has 0 bridgehead atoms. The zero-order valence-electron chi connectivity index (χ0n) is 14.6. The van der Waals surface area contributed by atoms with Crippen molar-refractivity contribution in [3.05, 3.63) is 47.5 Å². The first kappa shape index (κ1) is 16.8. The summed E-state index contributed by atoms with van der Waals surface area (Å²) in [6, 6.07) is 7.94. The van der Waals surface area contributed by atoms with E-state index in [0.717, 1.165) is 29.1 Å². The number of amides is 1. The molecule has 2 aromatic heterocycles. The quantitative estimate of drug-likeness (QED) is 0.705. The number of aromatic amines is 1. The number of H-pyrrole nitrogens is 1. The van der Waals surface area contributed by atoms with Crippen LogP contribution in [0.3, 0.4) is 0 Å². The van der Waals surface area contributed by atoms with Gasteiger partial charge in [0.25, 0.3) is 0 Å². The Morgan fingerprint density at radius 2 is 2.27 bits per heavy atom. The third-order valence-electron chi connectivity index (χ3n) is 4.40. The molecule has 8 nitrogen and oxygen atoms in total. The van der Waals surface area contributed by atoms with E-state index in [2.05, 4.69) is 25.5 Å². The fourth-order valence-electron chi connectivity index (χ4n) is 3.04. The number of nitrogens with one attached hydrogen (secondary N) is 1. The first-order valence-electron chi connectivity index (χ1n) is 8.44. The Morgan fingerprint density at radius 3 is 3.12 bits per heavy atom. The van der Waals surface area contributed by atoms with Gasteiger partial charge in [-0.15, -0.1) is 5.10 Å². The van der Waals surface area contributed by atoms with Crippen LogP contribution >= 0.6 is 11.8 Å². The summed E-state index contributed by atoms with van der Waals surface area (Å²) in [7, 11) is 0. The molecule has 3 aromatic rings. The lowest BCUT2D eigenvalue weighted by Crippen LogP contribution is -2.40. The molecule has 1 aliphatic rings. The lowest BCUT2D eigenvalue weighted by molar-refractivity contribution is -0.131. The number of benzene rings is 1. The zero-order valence-corrected chi connectivity index (χ0v) is 15.4. The van der Waals surface area contributed by atoms with Gasteiger partial charge >= 0.3 is 0 Å². The third kappa shape index (κ3) is 3.22. The fraction of sp³-hybridized carbons (Fsp3) is 0.353. The molecule has 26 heavy (non-hydrogen) atoms. The smallest absolute Gasteiger partial charge is 0.236 e. The maximum absolute atomic E-state index is 12.9. The number of hydrogen-bond acceptors (Lipinski definition) is 6.